The fraction of sp³-hybridized carbons (Fsp3) is 0.406. The third-order valence-electron chi connectivity index (χ3n) is 6.89. The van der Waals surface area contributed by atoms with Gasteiger partial charge < -0.3 is 18.9 Å². The van der Waals surface area contributed by atoms with Crippen molar-refractivity contribution < 1.29 is 23.7 Å². The van der Waals surface area contributed by atoms with E-state index in [1.807, 2.05) is 74.5 Å². The number of ether oxygens (including phenoxy) is 4. The van der Waals surface area contributed by atoms with E-state index in [4.69, 9.17) is 18.9 Å². The molecule has 0 saturated carbocycles. The van der Waals surface area contributed by atoms with Gasteiger partial charge in [-0.25, -0.2) is 4.79 Å². The molecule has 37 heavy (non-hydrogen) atoms. The fourth-order valence-corrected chi connectivity index (χ4v) is 5.04. The Bertz CT molecular complexity index is 1110. The Labute approximate surface area is 220 Å². The van der Waals surface area contributed by atoms with E-state index in [0.717, 1.165) is 42.6 Å². The summed E-state index contributed by atoms with van der Waals surface area (Å²) in [5.41, 5.74) is 3.16. The molecule has 4 rings (SSSR count). The topological polar surface area (TPSA) is 54.0 Å². The summed E-state index contributed by atoms with van der Waals surface area (Å²) in [5.74, 6) is -0.166. The summed E-state index contributed by atoms with van der Waals surface area (Å²) in [5, 5.41) is 0. The molecular formula is C32H38O5. The Hall–Kier alpha value is -3.15. The van der Waals surface area contributed by atoms with Crippen LogP contribution < -0.4 is 4.74 Å². The molecule has 0 bridgehead atoms. The molecule has 1 saturated heterocycles. The maximum Gasteiger partial charge on any atom is 0.339 e. The van der Waals surface area contributed by atoms with Gasteiger partial charge in [0.15, 0.2) is 11.9 Å². The van der Waals surface area contributed by atoms with E-state index in [1.54, 1.807) is 7.11 Å². The summed E-state index contributed by atoms with van der Waals surface area (Å²) in [6, 6.07) is 28.1. The van der Waals surface area contributed by atoms with Crippen LogP contribution in [0.2, 0.25) is 0 Å². The molecule has 0 N–H and O–H groups in total. The zero-order valence-corrected chi connectivity index (χ0v) is 22.3. The van der Waals surface area contributed by atoms with Crippen LogP contribution in [0.3, 0.4) is 0 Å². The predicted molar refractivity (Wildman–Crippen MR) is 144 cm³/mol. The quantitative estimate of drug-likeness (QED) is 0.254. The molecule has 0 spiro atoms. The maximum absolute atomic E-state index is 13.6. The van der Waals surface area contributed by atoms with Gasteiger partial charge in [0.1, 0.15) is 18.0 Å². The second-order valence-electron chi connectivity index (χ2n) is 10.1. The molecule has 0 aromatic heterocycles. The number of esters is 1. The molecule has 0 amide bonds. The molecular weight excluding hydrogens is 464 g/mol. The van der Waals surface area contributed by atoms with Crippen molar-refractivity contribution >= 4 is 5.97 Å². The third-order valence-corrected chi connectivity index (χ3v) is 6.89. The first kappa shape index (κ1) is 26.9. The van der Waals surface area contributed by atoms with Crippen molar-refractivity contribution in [2.45, 2.75) is 76.5 Å². The van der Waals surface area contributed by atoms with Crippen molar-refractivity contribution in [1.29, 1.82) is 0 Å². The lowest BCUT2D eigenvalue weighted by Crippen LogP contribution is -2.31. The van der Waals surface area contributed by atoms with Gasteiger partial charge in [0.05, 0.1) is 7.11 Å². The molecule has 196 valence electrons. The minimum absolute atomic E-state index is 0.374. The van der Waals surface area contributed by atoms with Crippen LogP contribution in [0.25, 0.3) is 0 Å². The van der Waals surface area contributed by atoms with Gasteiger partial charge in [-0.05, 0) is 67.9 Å². The van der Waals surface area contributed by atoms with E-state index in [2.05, 4.69) is 31.2 Å². The van der Waals surface area contributed by atoms with Crippen LogP contribution in [0.1, 0.15) is 81.3 Å². The minimum atomic E-state index is -0.907. The largest absolute Gasteiger partial charge is 0.497 e. The Balaban J connectivity index is 1.53. The molecule has 0 radical (unpaired) electrons. The SMILES string of the molecule is CCC[C@@H](CCC(OC(=O)C1OC(C)(C)O[C@@H]1c1ccc(OC)cc1)c1ccccc1)c1ccccc1. The zero-order chi connectivity index (χ0) is 26.3. The van der Waals surface area contributed by atoms with E-state index in [0.29, 0.717) is 5.92 Å². The second kappa shape index (κ2) is 12.4. The minimum Gasteiger partial charge on any atom is -0.497 e. The van der Waals surface area contributed by atoms with Crippen molar-refractivity contribution in [3.8, 4) is 5.75 Å². The van der Waals surface area contributed by atoms with Gasteiger partial charge in [-0.3, -0.25) is 0 Å². The summed E-state index contributed by atoms with van der Waals surface area (Å²) in [7, 11) is 1.63. The van der Waals surface area contributed by atoms with E-state index in [1.165, 1.54) is 5.56 Å². The van der Waals surface area contributed by atoms with Gasteiger partial charge in [0.25, 0.3) is 0 Å². The Morgan fingerprint density at radius 2 is 1.46 bits per heavy atom. The third kappa shape index (κ3) is 7.00. The molecule has 1 fully saturated rings. The van der Waals surface area contributed by atoms with E-state index in [-0.39, 0.29) is 6.10 Å². The highest BCUT2D eigenvalue weighted by molar-refractivity contribution is 5.76. The zero-order valence-electron chi connectivity index (χ0n) is 22.3. The van der Waals surface area contributed by atoms with Gasteiger partial charge in [0.2, 0.25) is 0 Å². The second-order valence-corrected chi connectivity index (χ2v) is 10.1. The Morgan fingerprint density at radius 3 is 2.05 bits per heavy atom. The first-order valence-electron chi connectivity index (χ1n) is 13.2. The summed E-state index contributed by atoms with van der Waals surface area (Å²) in [6.07, 6.45) is 2.02. The average Bonchev–Trinajstić information content (AvgIpc) is 3.26. The number of carbonyl (C=O) groups excluding carboxylic acids is 1. The van der Waals surface area contributed by atoms with Crippen LogP contribution in [0.4, 0.5) is 0 Å². The van der Waals surface area contributed by atoms with Gasteiger partial charge >= 0.3 is 5.97 Å². The number of benzene rings is 3. The number of rotatable bonds is 11. The lowest BCUT2D eigenvalue weighted by atomic mass is 9.88. The van der Waals surface area contributed by atoms with Crippen molar-refractivity contribution in [2.24, 2.45) is 0 Å². The number of hydrogen-bond donors (Lipinski definition) is 0. The van der Waals surface area contributed by atoms with Gasteiger partial charge in [0, 0.05) is 0 Å². The van der Waals surface area contributed by atoms with Gasteiger partial charge in [-0.15, -0.1) is 0 Å². The van der Waals surface area contributed by atoms with Crippen LogP contribution in [0.15, 0.2) is 84.9 Å². The van der Waals surface area contributed by atoms with Gasteiger partial charge in [-0.1, -0.05) is 86.1 Å². The molecule has 5 nitrogen and oxygen atoms in total. The van der Waals surface area contributed by atoms with E-state index in [9.17, 15) is 4.79 Å². The molecule has 0 aliphatic carbocycles. The monoisotopic (exact) mass is 502 g/mol. The van der Waals surface area contributed by atoms with Crippen LogP contribution in [0.5, 0.6) is 5.75 Å². The smallest absolute Gasteiger partial charge is 0.339 e. The van der Waals surface area contributed by atoms with Crippen molar-refractivity contribution in [3.63, 3.8) is 0 Å². The Morgan fingerprint density at radius 1 is 0.838 bits per heavy atom. The summed E-state index contributed by atoms with van der Waals surface area (Å²) >= 11 is 0. The number of methoxy groups -OCH3 is 1. The molecule has 4 atom stereocenters. The fourth-order valence-electron chi connectivity index (χ4n) is 5.04. The first-order chi connectivity index (χ1) is 17.9. The molecule has 3 aromatic carbocycles. The van der Waals surface area contributed by atoms with Crippen molar-refractivity contribution in [3.05, 3.63) is 102 Å². The van der Waals surface area contributed by atoms with E-state index >= 15 is 0 Å². The molecule has 1 aliphatic rings. The summed E-state index contributed by atoms with van der Waals surface area (Å²) in [4.78, 5) is 13.6. The maximum atomic E-state index is 13.6. The van der Waals surface area contributed by atoms with Crippen LogP contribution in [-0.2, 0) is 19.0 Å². The van der Waals surface area contributed by atoms with Crippen molar-refractivity contribution in [2.75, 3.05) is 7.11 Å². The highest BCUT2D eigenvalue weighted by Gasteiger charge is 2.47. The normalized spacial score (nSPS) is 20.2. The lowest BCUT2D eigenvalue weighted by Gasteiger charge is -2.24. The molecule has 1 heterocycles. The van der Waals surface area contributed by atoms with E-state index < -0.39 is 24.0 Å². The number of hydrogen-bond acceptors (Lipinski definition) is 5. The van der Waals surface area contributed by atoms with Crippen LogP contribution in [-0.4, -0.2) is 25.0 Å². The van der Waals surface area contributed by atoms with Crippen LogP contribution >= 0.6 is 0 Å². The van der Waals surface area contributed by atoms with Crippen molar-refractivity contribution in [1.82, 2.24) is 0 Å². The highest BCUT2D eigenvalue weighted by Crippen LogP contribution is 2.40. The lowest BCUT2D eigenvalue weighted by molar-refractivity contribution is -0.175. The first-order valence-corrected chi connectivity index (χ1v) is 13.2. The molecule has 1 aliphatic heterocycles. The van der Waals surface area contributed by atoms with Crippen LogP contribution in [0, 0.1) is 0 Å². The number of carbonyl (C=O) groups is 1. The standard InChI is InChI=1S/C32H38O5/c1-5-12-23(24-13-8-6-9-14-24)19-22-28(25-15-10-7-11-16-25)35-31(33)30-29(36-32(2,3)37-30)26-17-20-27(34-4)21-18-26/h6-11,13-18,20-21,23,28-30H,5,12,19,22H2,1-4H3/t23-,28?,29+,30?/m0/s1. The molecule has 5 heteroatoms. The predicted octanol–water partition coefficient (Wildman–Crippen LogP) is 7.54. The van der Waals surface area contributed by atoms with Gasteiger partial charge in [-0.2, -0.15) is 0 Å². The summed E-state index contributed by atoms with van der Waals surface area (Å²) in [6.45, 7) is 5.85. The Kier molecular flexibility index (Phi) is 9.01. The molecule has 3 aromatic rings. The summed E-state index contributed by atoms with van der Waals surface area (Å²) < 4.78 is 23.7. The highest BCUT2D eigenvalue weighted by atomic mass is 16.8. The molecule has 2 unspecified atom stereocenters. The average molecular weight is 503 g/mol.